The van der Waals surface area contributed by atoms with Gasteiger partial charge in [0.05, 0.1) is 0 Å². The Morgan fingerprint density at radius 2 is 1.88 bits per heavy atom. The van der Waals surface area contributed by atoms with Gasteiger partial charge in [0, 0.05) is 0 Å². The fourth-order valence-electron chi connectivity index (χ4n) is 1.56. The minimum absolute atomic E-state index is 0.311. The van der Waals surface area contributed by atoms with Crippen LogP contribution in [0.3, 0.4) is 0 Å². The van der Waals surface area contributed by atoms with E-state index >= 15 is 0 Å². The van der Waals surface area contributed by atoms with Gasteiger partial charge in [0.25, 0.3) is 0 Å². The Balaban J connectivity index is 2.28. The summed E-state index contributed by atoms with van der Waals surface area (Å²) in [4.78, 5) is 7.97. The predicted molar refractivity (Wildman–Crippen MR) is 68.9 cm³/mol. The van der Waals surface area contributed by atoms with E-state index in [1.807, 2.05) is 6.92 Å². The van der Waals surface area contributed by atoms with E-state index in [1.54, 1.807) is 0 Å². The number of hydrogen-bond acceptors (Lipinski definition) is 1. The Bertz CT molecular complexity index is 460. The SMILES string of the molecule is Cc1nc([Se]c2ccccc2)c(C(C)C)[nH]1. The van der Waals surface area contributed by atoms with E-state index in [2.05, 4.69) is 54.1 Å². The summed E-state index contributed by atoms with van der Waals surface area (Å²) in [6, 6.07) is 10.6. The van der Waals surface area contributed by atoms with Crippen molar-refractivity contribution in [2.45, 2.75) is 26.7 Å². The molecule has 0 atom stereocenters. The van der Waals surface area contributed by atoms with Crippen LogP contribution in [0, 0.1) is 6.92 Å². The summed E-state index contributed by atoms with van der Waals surface area (Å²) < 4.78 is 2.62. The van der Waals surface area contributed by atoms with Gasteiger partial charge >= 0.3 is 103 Å². The number of aromatic amines is 1. The first kappa shape index (κ1) is 11.4. The molecule has 0 fully saturated rings. The van der Waals surface area contributed by atoms with Crippen molar-refractivity contribution in [3.63, 3.8) is 0 Å². The van der Waals surface area contributed by atoms with Crippen LogP contribution < -0.4 is 9.05 Å². The van der Waals surface area contributed by atoms with Crippen LogP contribution in [0.1, 0.15) is 31.3 Å². The Kier molecular flexibility index (Phi) is 3.47. The van der Waals surface area contributed by atoms with Crippen LogP contribution in [-0.4, -0.2) is 24.9 Å². The van der Waals surface area contributed by atoms with Crippen LogP contribution >= 0.6 is 0 Å². The zero-order chi connectivity index (χ0) is 11.5. The van der Waals surface area contributed by atoms with Crippen LogP contribution in [0.4, 0.5) is 0 Å². The normalized spacial score (nSPS) is 11.0. The molecule has 2 nitrogen and oxygen atoms in total. The van der Waals surface area contributed by atoms with Gasteiger partial charge in [0.1, 0.15) is 0 Å². The quantitative estimate of drug-likeness (QED) is 0.847. The summed E-state index contributed by atoms with van der Waals surface area (Å²) in [6.45, 7) is 6.44. The third-order valence-electron chi connectivity index (χ3n) is 2.35. The molecular formula is C13H16N2Se. The van der Waals surface area contributed by atoms with Gasteiger partial charge in [0.2, 0.25) is 0 Å². The van der Waals surface area contributed by atoms with Crippen molar-refractivity contribution in [1.82, 2.24) is 9.97 Å². The molecule has 0 aliphatic rings. The Morgan fingerprint density at radius 3 is 2.50 bits per heavy atom. The van der Waals surface area contributed by atoms with Crippen molar-refractivity contribution in [1.29, 1.82) is 0 Å². The van der Waals surface area contributed by atoms with Crippen LogP contribution in [0.2, 0.25) is 0 Å². The van der Waals surface area contributed by atoms with E-state index in [9.17, 15) is 0 Å². The first-order chi connectivity index (χ1) is 7.66. The molecule has 1 aromatic carbocycles. The third-order valence-corrected chi connectivity index (χ3v) is 4.47. The summed E-state index contributed by atoms with van der Waals surface area (Å²) in [5, 5.41) is 0. The second-order valence-electron chi connectivity index (χ2n) is 4.11. The molecule has 0 aliphatic heterocycles. The summed E-state index contributed by atoms with van der Waals surface area (Å²) in [5.74, 6) is 1.54. The molecule has 0 radical (unpaired) electrons. The molecule has 1 aromatic heterocycles. The molecule has 1 N–H and O–H groups in total. The molecule has 84 valence electrons. The van der Waals surface area contributed by atoms with Gasteiger partial charge in [0.15, 0.2) is 0 Å². The zero-order valence-corrected chi connectivity index (χ0v) is 11.5. The molecule has 2 aromatic rings. The average molecular weight is 279 g/mol. The van der Waals surface area contributed by atoms with E-state index in [1.165, 1.54) is 14.7 Å². The van der Waals surface area contributed by atoms with Gasteiger partial charge in [-0.3, -0.25) is 0 Å². The van der Waals surface area contributed by atoms with Crippen molar-refractivity contribution in [3.8, 4) is 0 Å². The number of rotatable bonds is 3. The molecule has 0 amide bonds. The zero-order valence-electron chi connectivity index (χ0n) is 9.82. The van der Waals surface area contributed by atoms with Gasteiger partial charge in [-0.15, -0.1) is 0 Å². The van der Waals surface area contributed by atoms with Gasteiger partial charge in [-0.1, -0.05) is 0 Å². The minimum atomic E-state index is 0.311. The van der Waals surface area contributed by atoms with Crippen LogP contribution in [-0.2, 0) is 0 Å². The molecule has 0 saturated heterocycles. The Morgan fingerprint density at radius 1 is 1.19 bits per heavy atom. The predicted octanol–water partition coefficient (Wildman–Crippen LogP) is 1.50. The monoisotopic (exact) mass is 280 g/mol. The molecule has 16 heavy (non-hydrogen) atoms. The number of imidazole rings is 1. The van der Waals surface area contributed by atoms with Gasteiger partial charge in [-0.05, 0) is 0 Å². The summed E-state index contributed by atoms with van der Waals surface area (Å²) in [7, 11) is 0. The fraction of sp³-hybridized carbons (Fsp3) is 0.308. The van der Waals surface area contributed by atoms with Gasteiger partial charge in [-0.25, -0.2) is 0 Å². The molecule has 0 saturated carbocycles. The standard InChI is InChI=1S/C13H16N2Se/c1-9(2)12-13(15-10(3)14-12)16-11-7-5-4-6-8-11/h4-9H,1-3H3,(H,14,15). The summed E-state index contributed by atoms with van der Waals surface area (Å²) in [5.41, 5.74) is 1.29. The van der Waals surface area contributed by atoms with E-state index in [0.29, 0.717) is 20.9 Å². The topological polar surface area (TPSA) is 28.7 Å². The van der Waals surface area contributed by atoms with E-state index in [4.69, 9.17) is 0 Å². The fourth-order valence-corrected chi connectivity index (χ4v) is 3.86. The Labute approximate surface area is 103 Å². The van der Waals surface area contributed by atoms with Crippen molar-refractivity contribution in [2.75, 3.05) is 0 Å². The van der Waals surface area contributed by atoms with Crippen molar-refractivity contribution >= 4 is 24.0 Å². The van der Waals surface area contributed by atoms with Gasteiger partial charge in [-0.2, -0.15) is 0 Å². The molecular weight excluding hydrogens is 263 g/mol. The maximum atomic E-state index is 4.60. The second kappa shape index (κ2) is 4.86. The number of nitrogens with zero attached hydrogens (tertiary/aromatic N) is 1. The van der Waals surface area contributed by atoms with Crippen molar-refractivity contribution < 1.29 is 0 Å². The second-order valence-corrected chi connectivity index (χ2v) is 6.34. The van der Waals surface area contributed by atoms with Crippen molar-refractivity contribution in [3.05, 3.63) is 41.9 Å². The molecule has 1 heterocycles. The number of aromatic nitrogens is 2. The van der Waals surface area contributed by atoms with E-state index < -0.39 is 0 Å². The number of hydrogen-bond donors (Lipinski definition) is 1. The third kappa shape index (κ3) is 2.55. The molecule has 0 bridgehead atoms. The molecule has 0 aliphatic carbocycles. The number of nitrogens with one attached hydrogen (secondary N) is 1. The average Bonchev–Trinajstić information content (AvgIpc) is 2.61. The summed E-state index contributed by atoms with van der Waals surface area (Å²) >= 11 is 0.311. The van der Waals surface area contributed by atoms with Crippen LogP contribution in [0.15, 0.2) is 30.3 Å². The number of aryl methyl sites for hydroxylation is 1. The van der Waals surface area contributed by atoms with Crippen LogP contribution in [0.25, 0.3) is 0 Å². The van der Waals surface area contributed by atoms with Crippen molar-refractivity contribution in [2.24, 2.45) is 0 Å². The first-order valence-corrected chi connectivity index (χ1v) is 7.17. The summed E-state index contributed by atoms with van der Waals surface area (Å²) in [6.07, 6.45) is 0. The Hall–Kier alpha value is -1.05. The first-order valence-electron chi connectivity index (χ1n) is 5.46. The van der Waals surface area contributed by atoms with E-state index in [-0.39, 0.29) is 0 Å². The number of benzene rings is 1. The maximum absolute atomic E-state index is 4.60. The van der Waals surface area contributed by atoms with Gasteiger partial charge < -0.3 is 0 Å². The molecule has 3 heteroatoms. The van der Waals surface area contributed by atoms with Crippen LogP contribution in [0.5, 0.6) is 0 Å². The van der Waals surface area contributed by atoms with E-state index in [0.717, 1.165) is 5.82 Å². The molecule has 0 spiro atoms. The molecule has 0 unspecified atom stereocenters. The molecule has 2 rings (SSSR count). The number of H-pyrrole nitrogens is 1.